The van der Waals surface area contributed by atoms with E-state index in [1.54, 1.807) is 32.0 Å². The number of carbonyl (C=O) groups excluding carboxylic acids is 3. The van der Waals surface area contributed by atoms with E-state index in [0.717, 1.165) is 0 Å². The van der Waals surface area contributed by atoms with E-state index in [4.69, 9.17) is 9.47 Å². The fraction of sp³-hybridized carbons (Fsp3) is 0.471. The first-order valence-electron chi connectivity index (χ1n) is 7.15. The minimum Gasteiger partial charge on any atom is -0.493 e. The summed E-state index contributed by atoms with van der Waals surface area (Å²) in [6.45, 7) is 3.54. The van der Waals surface area contributed by atoms with Crippen LogP contribution in [-0.2, 0) is 9.59 Å². The molecule has 0 radical (unpaired) electrons. The summed E-state index contributed by atoms with van der Waals surface area (Å²) in [5.41, 5.74) is -0.466. The van der Waals surface area contributed by atoms with Gasteiger partial charge in [-0.15, -0.1) is 0 Å². The number of hydrogen-bond acceptors (Lipinski definition) is 5. The van der Waals surface area contributed by atoms with Crippen molar-refractivity contribution in [3.63, 3.8) is 0 Å². The van der Waals surface area contributed by atoms with Gasteiger partial charge in [-0.05, 0) is 18.6 Å². The van der Waals surface area contributed by atoms with Crippen molar-refractivity contribution < 1.29 is 23.9 Å². The van der Waals surface area contributed by atoms with Crippen LogP contribution in [0.25, 0.3) is 0 Å². The van der Waals surface area contributed by atoms with Crippen LogP contribution in [0.3, 0.4) is 0 Å². The molecule has 0 N–H and O–H groups in total. The summed E-state index contributed by atoms with van der Waals surface area (Å²) in [5.74, 6) is -1.76. The lowest BCUT2D eigenvalue weighted by molar-refractivity contribution is -0.140. The molecule has 0 amide bonds. The molecule has 0 saturated heterocycles. The molecule has 1 fully saturated rings. The summed E-state index contributed by atoms with van der Waals surface area (Å²) in [6, 6.07) is 4.84. The van der Waals surface area contributed by atoms with Crippen LogP contribution in [-0.4, -0.2) is 31.6 Å². The Balaban J connectivity index is 2.47. The quantitative estimate of drug-likeness (QED) is 0.631. The van der Waals surface area contributed by atoms with Gasteiger partial charge >= 0.3 is 0 Å². The Morgan fingerprint density at radius 1 is 1.18 bits per heavy atom. The third-order valence-corrected chi connectivity index (χ3v) is 4.18. The molecule has 1 aliphatic rings. The van der Waals surface area contributed by atoms with Gasteiger partial charge in [0.15, 0.2) is 28.8 Å². The van der Waals surface area contributed by atoms with Gasteiger partial charge in [-0.1, -0.05) is 19.9 Å². The Morgan fingerprint density at radius 2 is 1.86 bits per heavy atom. The molecule has 118 valence electrons. The van der Waals surface area contributed by atoms with Crippen molar-refractivity contribution in [1.82, 2.24) is 0 Å². The summed E-state index contributed by atoms with van der Waals surface area (Å²) in [7, 11) is 2.88. The third-order valence-electron chi connectivity index (χ3n) is 4.18. The number of hydrogen-bond donors (Lipinski definition) is 0. The average Bonchev–Trinajstić information content (AvgIpc) is 2.50. The first-order valence-corrected chi connectivity index (χ1v) is 7.15. The lowest BCUT2D eigenvalue weighted by Crippen LogP contribution is -2.44. The Morgan fingerprint density at radius 3 is 2.45 bits per heavy atom. The Bertz CT molecular complexity index is 630. The van der Waals surface area contributed by atoms with Crippen molar-refractivity contribution in [1.29, 1.82) is 0 Å². The molecule has 5 nitrogen and oxygen atoms in total. The van der Waals surface area contributed by atoms with Crippen LogP contribution in [0.4, 0.5) is 0 Å². The zero-order valence-corrected chi connectivity index (χ0v) is 13.3. The van der Waals surface area contributed by atoms with Gasteiger partial charge in [0.1, 0.15) is 5.92 Å². The highest BCUT2D eigenvalue weighted by molar-refractivity contribution is 6.26. The molecule has 0 bridgehead atoms. The van der Waals surface area contributed by atoms with Crippen molar-refractivity contribution in [2.45, 2.75) is 26.7 Å². The van der Waals surface area contributed by atoms with Gasteiger partial charge in [0.25, 0.3) is 0 Å². The van der Waals surface area contributed by atoms with Gasteiger partial charge in [-0.2, -0.15) is 0 Å². The Kier molecular flexibility index (Phi) is 4.35. The minimum atomic E-state index is -1.25. The smallest absolute Gasteiger partial charge is 0.184 e. The lowest BCUT2D eigenvalue weighted by atomic mass is 9.68. The summed E-state index contributed by atoms with van der Waals surface area (Å²) < 4.78 is 10.4. The van der Waals surface area contributed by atoms with Crippen molar-refractivity contribution in [2.24, 2.45) is 11.3 Å². The maximum atomic E-state index is 12.8. The van der Waals surface area contributed by atoms with Gasteiger partial charge in [0.2, 0.25) is 0 Å². The highest BCUT2D eigenvalue weighted by atomic mass is 16.5. The van der Waals surface area contributed by atoms with Gasteiger partial charge in [0, 0.05) is 11.8 Å². The van der Waals surface area contributed by atoms with Gasteiger partial charge in [-0.25, -0.2) is 0 Å². The molecule has 0 spiro atoms. The van der Waals surface area contributed by atoms with E-state index in [-0.39, 0.29) is 29.3 Å². The molecule has 5 heteroatoms. The zero-order chi connectivity index (χ0) is 16.5. The second-order valence-corrected chi connectivity index (χ2v) is 6.05. The van der Waals surface area contributed by atoms with E-state index < -0.39 is 17.1 Å². The highest BCUT2D eigenvalue weighted by Gasteiger charge is 2.46. The number of ketones is 3. The topological polar surface area (TPSA) is 69.7 Å². The van der Waals surface area contributed by atoms with E-state index in [9.17, 15) is 14.4 Å². The molecule has 1 aromatic rings. The monoisotopic (exact) mass is 304 g/mol. The van der Waals surface area contributed by atoms with Gasteiger partial charge < -0.3 is 9.47 Å². The SMILES string of the molecule is COc1cccc(C(=O)C2C(=O)CCC(C)(C)C2=O)c1OC. The van der Waals surface area contributed by atoms with Crippen molar-refractivity contribution >= 4 is 17.3 Å². The highest BCUT2D eigenvalue weighted by Crippen LogP contribution is 2.38. The largest absolute Gasteiger partial charge is 0.493 e. The standard InChI is InChI=1S/C17H20O5/c1-17(2)9-8-11(18)13(16(17)20)14(19)10-6-5-7-12(21-3)15(10)22-4/h5-7,13H,8-9H2,1-4H3. The molecular formula is C17H20O5. The van der Waals surface area contributed by atoms with Crippen LogP contribution >= 0.6 is 0 Å². The maximum absolute atomic E-state index is 12.8. The summed E-state index contributed by atoms with van der Waals surface area (Å²) >= 11 is 0. The van der Waals surface area contributed by atoms with Crippen LogP contribution in [0.15, 0.2) is 18.2 Å². The van der Waals surface area contributed by atoms with Crippen molar-refractivity contribution in [2.75, 3.05) is 14.2 Å². The zero-order valence-electron chi connectivity index (χ0n) is 13.3. The average molecular weight is 304 g/mol. The number of benzene rings is 1. The number of carbonyl (C=O) groups is 3. The normalized spacial score (nSPS) is 20.6. The second kappa shape index (κ2) is 5.91. The van der Waals surface area contributed by atoms with E-state index in [2.05, 4.69) is 0 Å². The Hall–Kier alpha value is -2.17. The summed E-state index contributed by atoms with van der Waals surface area (Å²) in [6.07, 6.45) is 0.713. The number of rotatable bonds is 4. The molecule has 1 atom stereocenters. The predicted octanol–water partition coefficient (Wildman–Crippen LogP) is 2.46. The van der Waals surface area contributed by atoms with Crippen LogP contribution in [0, 0.1) is 11.3 Å². The maximum Gasteiger partial charge on any atom is 0.184 e. The first kappa shape index (κ1) is 16.2. The van der Waals surface area contributed by atoms with E-state index in [1.165, 1.54) is 14.2 Å². The minimum absolute atomic E-state index is 0.200. The molecular weight excluding hydrogens is 284 g/mol. The molecule has 0 aliphatic heterocycles. The molecule has 2 rings (SSSR count). The second-order valence-electron chi connectivity index (χ2n) is 6.05. The molecule has 1 aromatic carbocycles. The summed E-state index contributed by atoms with van der Waals surface area (Å²) in [5, 5.41) is 0. The molecule has 1 saturated carbocycles. The molecule has 0 heterocycles. The number of methoxy groups -OCH3 is 2. The molecule has 22 heavy (non-hydrogen) atoms. The number of para-hydroxylation sites is 1. The van der Waals surface area contributed by atoms with Crippen molar-refractivity contribution in [3.8, 4) is 11.5 Å². The van der Waals surface area contributed by atoms with Gasteiger partial charge in [0.05, 0.1) is 19.8 Å². The first-order chi connectivity index (χ1) is 10.3. The fourth-order valence-corrected chi connectivity index (χ4v) is 2.74. The van der Waals surface area contributed by atoms with E-state index >= 15 is 0 Å². The fourth-order valence-electron chi connectivity index (χ4n) is 2.74. The number of Topliss-reactive ketones (excluding diaryl/α,β-unsaturated/α-hetero) is 3. The van der Waals surface area contributed by atoms with Crippen LogP contribution < -0.4 is 9.47 Å². The van der Waals surface area contributed by atoms with Gasteiger partial charge in [-0.3, -0.25) is 14.4 Å². The predicted molar refractivity (Wildman–Crippen MR) is 80.4 cm³/mol. The van der Waals surface area contributed by atoms with E-state index in [0.29, 0.717) is 12.2 Å². The molecule has 0 aromatic heterocycles. The van der Waals surface area contributed by atoms with Crippen LogP contribution in [0.2, 0.25) is 0 Å². The third kappa shape index (κ3) is 2.63. The summed E-state index contributed by atoms with van der Waals surface area (Å²) in [4.78, 5) is 37.4. The van der Waals surface area contributed by atoms with Crippen LogP contribution in [0.5, 0.6) is 11.5 Å². The van der Waals surface area contributed by atoms with E-state index in [1.807, 2.05) is 0 Å². The Labute approximate surface area is 129 Å². The molecule has 1 unspecified atom stereocenters. The van der Waals surface area contributed by atoms with Crippen molar-refractivity contribution in [3.05, 3.63) is 23.8 Å². The number of ether oxygens (including phenoxy) is 2. The molecule has 1 aliphatic carbocycles. The van der Waals surface area contributed by atoms with Crippen LogP contribution in [0.1, 0.15) is 37.0 Å². The lowest BCUT2D eigenvalue weighted by Gasteiger charge is -2.32.